The summed E-state index contributed by atoms with van der Waals surface area (Å²) >= 11 is 0. The van der Waals surface area contributed by atoms with Gasteiger partial charge in [0.15, 0.2) is 0 Å². The lowest BCUT2D eigenvalue weighted by atomic mass is 9.64. The maximum Gasteiger partial charge on any atom is 0.271 e. The third kappa shape index (κ3) is 5.80. The Labute approximate surface area is 256 Å². The number of benzene rings is 2. The van der Waals surface area contributed by atoms with Crippen LogP contribution in [0.2, 0.25) is 0 Å². The van der Waals surface area contributed by atoms with Gasteiger partial charge in [-0.25, -0.2) is 18.7 Å². The monoisotopic (exact) mass is 602 g/mol. The van der Waals surface area contributed by atoms with Gasteiger partial charge in [-0.3, -0.25) is 4.79 Å². The summed E-state index contributed by atoms with van der Waals surface area (Å²) < 4.78 is 34.7. The van der Waals surface area contributed by atoms with Crippen molar-refractivity contribution in [2.45, 2.75) is 70.4 Å². The van der Waals surface area contributed by atoms with Crippen LogP contribution in [-0.2, 0) is 9.53 Å². The molecule has 44 heavy (non-hydrogen) atoms. The van der Waals surface area contributed by atoms with Gasteiger partial charge in [0.05, 0.1) is 29.8 Å². The van der Waals surface area contributed by atoms with Crippen molar-refractivity contribution in [3.05, 3.63) is 72.6 Å². The number of nitrogens with zero attached hydrogens (tertiary/aromatic N) is 2. The lowest BCUT2D eigenvalue weighted by molar-refractivity contribution is -0.217. The molecule has 2 aromatic carbocycles. The van der Waals surface area contributed by atoms with Gasteiger partial charge in [0.2, 0.25) is 5.91 Å². The molecule has 4 atom stereocenters. The summed E-state index contributed by atoms with van der Waals surface area (Å²) in [6.07, 6.45) is 5.35. The molecule has 2 aliphatic rings. The molecule has 232 valence electrons. The largest absolute Gasteiger partial charge is 0.367 e. The second-order valence-electron chi connectivity index (χ2n) is 13.4. The Morgan fingerprint density at radius 2 is 1.52 bits per heavy atom. The number of primary amides is 1. The first-order chi connectivity index (χ1) is 20.8. The van der Waals surface area contributed by atoms with E-state index in [9.17, 15) is 13.6 Å². The van der Waals surface area contributed by atoms with Crippen LogP contribution in [0.15, 0.2) is 60.9 Å². The molecule has 0 saturated carbocycles. The fraction of sp³-hybridized carbons (Fsp3) is 0.441. The highest BCUT2D eigenvalue weighted by Gasteiger charge is 2.57. The summed E-state index contributed by atoms with van der Waals surface area (Å²) in [5.74, 6) is -3.73. The number of nitrogens with two attached hydrogens (primary N) is 1. The summed E-state index contributed by atoms with van der Waals surface area (Å²) in [6.45, 7) is 7.56. The van der Waals surface area contributed by atoms with Crippen molar-refractivity contribution in [1.29, 1.82) is 0 Å². The van der Waals surface area contributed by atoms with Gasteiger partial charge >= 0.3 is 0 Å². The van der Waals surface area contributed by atoms with Gasteiger partial charge in [-0.15, -0.1) is 0 Å². The van der Waals surface area contributed by atoms with Gasteiger partial charge in [0, 0.05) is 18.3 Å². The minimum atomic E-state index is -3.07. The predicted molar refractivity (Wildman–Crippen MR) is 166 cm³/mol. The normalized spacial score (nSPS) is 24.3. The van der Waals surface area contributed by atoms with Gasteiger partial charge < -0.3 is 25.8 Å². The van der Waals surface area contributed by atoms with Gasteiger partial charge in [0.25, 0.3) is 5.92 Å². The van der Waals surface area contributed by atoms with E-state index in [1.807, 2.05) is 51.2 Å². The standard InChI is InChI=1S/C34H40F2N6O2/c1-32(2,3)28(24-16-34(35,36)19-44-33(24,4)31(37)43)30-40-18-27(42-30)23-13-9-21(10-14-23)20-7-11-22(12-8-20)26-17-39-29(41-26)25-6-5-15-38-25/h7-14,17-18,24-25,28,38H,5-6,15-16,19H2,1-4H3,(H2,37,43)(H,39,41)(H,40,42)/t24?,25-,28+,33?/m0/s1. The van der Waals surface area contributed by atoms with Crippen molar-refractivity contribution in [3.8, 4) is 33.6 Å². The summed E-state index contributed by atoms with van der Waals surface area (Å²) in [5, 5.41) is 3.47. The first kappa shape index (κ1) is 30.1. The number of alkyl halides is 2. The highest BCUT2D eigenvalue weighted by Crippen LogP contribution is 2.51. The zero-order valence-corrected chi connectivity index (χ0v) is 25.6. The van der Waals surface area contributed by atoms with Gasteiger partial charge in [-0.1, -0.05) is 69.3 Å². The molecule has 10 heteroatoms. The van der Waals surface area contributed by atoms with Crippen molar-refractivity contribution < 1.29 is 18.3 Å². The Balaban J connectivity index is 1.21. The molecule has 6 rings (SSSR count). The van der Waals surface area contributed by atoms with E-state index in [4.69, 9.17) is 10.5 Å². The molecule has 2 aromatic heterocycles. The van der Waals surface area contributed by atoms with E-state index in [0.29, 0.717) is 11.9 Å². The molecule has 0 radical (unpaired) electrons. The van der Waals surface area contributed by atoms with Crippen LogP contribution in [0.25, 0.3) is 33.6 Å². The average Bonchev–Trinajstić information content (AvgIpc) is 3.77. The SMILES string of the molecule is CC1(C(N)=O)OCC(F)(F)CC1[C@H](c1ncc(-c2ccc(-c3ccc(-c4cnc([C@@H]5CCCN5)[nH]4)cc3)cc2)[nH]1)C(C)(C)C. The molecule has 2 unspecified atom stereocenters. The van der Waals surface area contributed by atoms with Crippen LogP contribution in [0.3, 0.4) is 0 Å². The average molecular weight is 603 g/mol. The first-order valence-electron chi connectivity index (χ1n) is 15.2. The zero-order chi connectivity index (χ0) is 31.3. The van der Waals surface area contributed by atoms with Gasteiger partial charge in [0.1, 0.15) is 23.9 Å². The number of H-pyrrole nitrogens is 2. The number of hydrogen-bond donors (Lipinski definition) is 4. The molecule has 2 saturated heterocycles. The second-order valence-corrected chi connectivity index (χ2v) is 13.4. The van der Waals surface area contributed by atoms with Crippen molar-refractivity contribution in [1.82, 2.24) is 25.3 Å². The van der Waals surface area contributed by atoms with E-state index in [2.05, 4.69) is 49.5 Å². The maximum atomic E-state index is 14.6. The molecule has 0 aliphatic carbocycles. The fourth-order valence-corrected chi connectivity index (χ4v) is 6.74. The lowest BCUT2D eigenvalue weighted by Crippen LogP contribution is -2.59. The highest BCUT2D eigenvalue weighted by atomic mass is 19.3. The number of carbonyl (C=O) groups is 1. The number of hydrogen-bond acceptors (Lipinski definition) is 5. The fourth-order valence-electron chi connectivity index (χ4n) is 6.74. The molecule has 4 aromatic rings. The zero-order valence-electron chi connectivity index (χ0n) is 25.6. The van der Waals surface area contributed by atoms with Crippen LogP contribution in [0, 0.1) is 11.3 Å². The molecule has 8 nitrogen and oxygen atoms in total. The van der Waals surface area contributed by atoms with E-state index >= 15 is 0 Å². The number of rotatable bonds is 7. The number of nitrogens with one attached hydrogen (secondary N) is 3. The van der Waals surface area contributed by atoms with Crippen molar-refractivity contribution in [2.75, 3.05) is 13.2 Å². The van der Waals surface area contributed by atoms with Crippen molar-refractivity contribution in [3.63, 3.8) is 0 Å². The predicted octanol–water partition coefficient (Wildman–Crippen LogP) is 6.60. The van der Waals surface area contributed by atoms with E-state index < -0.39 is 47.7 Å². The quantitative estimate of drug-likeness (QED) is 0.190. The highest BCUT2D eigenvalue weighted by molar-refractivity contribution is 5.84. The Bertz CT molecular complexity index is 1620. The Kier molecular flexibility index (Phi) is 7.70. The Hall–Kier alpha value is -3.89. The number of aromatic amines is 2. The number of halogens is 2. The van der Waals surface area contributed by atoms with Crippen LogP contribution >= 0.6 is 0 Å². The second kappa shape index (κ2) is 11.2. The van der Waals surface area contributed by atoms with Gasteiger partial charge in [-0.05, 0) is 54.0 Å². The van der Waals surface area contributed by atoms with E-state index in [-0.39, 0.29) is 0 Å². The number of carbonyl (C=O) groups excluding carboxylic acids is 1. The van der Waals surface area contributed by atoms with Crippen LogP contribution in [0.4, 0.5) is 8.78 Å². The number of aromatic nitrogens is 4. The van der Waals surface area contributed by atoms with Crippen molar-refractivity contribution in [2.24, 2.45) is 17.1 Å². The third-order valence-corrected chi connectivity index (χ3v) is 9.23. The summed E-state index contributed by atoms with van der Waals surface area (Å²) in [5.41, 5.74) is 9.54. The number of amides is 1. The van der Waals surface area contributed by atoms with Gasteiger partial charge in [-0.2, -0.15) is 0 Å². The molecule has 2 aliphatic heterocycles. The van der Waals surface area contributed by atoms with E-state index in [1.165, 1.54) is 13.3 Å². The Morgan fingerprint density at radius 1 is 0.955 bits per heavy atom. The summed E-state index contributed by atoms with van der Waals surface area (Å²) in [6, 6.07) is 16.8. The third-order valence-electron chi connectivity index (χ3n) is 9.23. The van der Waals surface area contributed by atoms with E-state index in [1.54, 1.807) is 6.20 Å². The molecule has 4 heterocycles. The topological polar surface area (TPSA) is 122 Å². The molecule has 0 bridgehead atoms. The van der Waals surface area contributed by atoms with E-state index in [0.717, 1.165) is 52.4 Å². The first-order valence-corrected chi connectivity index (χ1v) is 15.2. The lowest BCUT2D eigenvalue weighted by Gasteiger charge is -2.48. The molecular formula is C34H40F2N6O2. The minimum absolute atomic E-state index is 0.299. The minimum Gasteiger partial charge on any atom is -0.367 e. The van der Waals surface area contributed by atoms with Crippen LogP contribution < -0.4 is 11.1 Å². The number of imidazole rings is 2. The molecule has 5 N–H and O–H groups in total. The molecular weight excluding hydrogens is 562 g/mol. The maximum absolute atomic E-state index is 14.6. The molecule has 2 fully saturated rings. The van der Waals surface area contributed by atoms with Crippen LogP contribution in [-0.4, -0.2) is 50.5 Å². The summed E-state index contributed by atoms with van der Waals surface area (Å²) in [7, 11) is 0. The van der Waals surface area contributed by atoms with Crippen LogP contribution in [0.1, 0.15) is 70.6 Å². The molecule has 0 spiro atoms. The van der Waals surface area contributed by atoms with Crippen molar-refractivity contribution >= 4 is 5.91 Å². The molecule has 1 amide bonds. The smallest absolute Gasteiger partial charge is 0.271 e. The number of ether oxygens (including phenoxy) is 1. The summed E-state index contributed by atoms with van der Waals surface area (Å²) in [4.78, 5) is 28.5. The Morgan fingerprint density at radius 3 is 2.07 bits per heavy atom. The van der Waals surface area contributed by atoms with Crippen LogP contribution in [0.5, 0.6) is 0 Å².